The van der Waals surface area contributed by atoms with Crippen molar-refractivity contribution in [1.29, 1.82) is 0 Å². The highest BCUT2D eigenvalue weighted by molar-refractivity contribution is 5.67. The number of rotatable bonds is 2. The third-order valence-electron chi connectivity index (χ3n) is 3.57. The van der Waals surface area contributed by atoms with Crippen molar-refractivity contribution in [3.63, 3.8) is 0 Å². The summed E-state index contributed by atoms with van der Waals surface area (Å²) in [7, 11) is 1.40. The fourth-order valence-corrected chi connectivity index (χ4v) is 2.55. The number of carbonyl (C=O) groups excluding carboxylic acids is 1. The molecule has 2 aliphatic carbocycles. The topological polar surface area (TPSA) is 64.3 Å². The van der Waals surface area contributed by atoms with Gasteiger partial charge in [-0.2, -0.15) is 0 Å². The average molecular weight is 198 g/mol. The maximum Gasteiger partial charge on any atom is 0.407 e. The lowest BCUT2D eigenvalue weighted by Gasteiger charge is -2.25. The summed E-state index contributed by atoms with van der Waals surface area (Å²) in [6.45, 7) is 0. The number of methoxy groups -OCH3 is 1. The molecule has 0 aromatic carbocycles. The van der Waals surface area contributed by atoms with Gasteiger partial charge >= 0.3 is 6.09 Å². The maximum atomic E-state index is 11.1. The molecular weight excluding hydrogens is 180 g/mol. The molecule has 0 saturated heterocycles. The van der Waals surface area contributed by atoms with E-state index in [-0.39, 0.29) is 17.7 Å². The second kappa shape index (κ2) is 3.42. The first-order chi connectivity index (χ1) is 6.65. The fourth-order valence-electron chi connectivity index (χ4n) is 2.55. The van der Waals surface area contributed by atoms with Gasteiger partial charge in [0.15, 0.2) is 0 Å². The smallest absolute Gasteiger partial charge is 0.407 e. The van der Waals surface area contributed by atoms with Crippen LogP contribution in [0.25, 0.3) is 0 Å². The first-order valence-corrected chi connectivity index (χ1v) is 5.29. The molecule has 0 bridgehead atoms. The molecule has 80 valence electrons. The van der Waals surface area contributed by atoms with E-state index in [1.165, 1.54) is 7.11 Å². The molecule has 0 aromatic heterocycles. The molecule has 2 aliphatic rings. The molecule has 2 fully saturated rings. The highest BCUT2D eigenvalue weighted by atomic mass is 16.5. The third kappa shape index (κ3) is 1.71. The van der Waals surface area contributed by atoms with Crippen LogP contribution >= 0.6 is 0 Å². The number of ether oxygens (including phenoxy) is 1. The minimum Gasteiger partial charge on any atom is -0.453 e. The molecule has 0 aliphatic heterocycles. The molecule has 4 nitrogen and oxygen atoms in total. The van der Waals surface area contributed by atoms with Crippen LogP contribution in [0.2, 0.25) is 0 Å². The number of nitrogens with one attached hydrogen (secondary N) is 1. The van der Waals surface area contributed by atoms with Gasteiger partial charge in [-0.1, -0.05) is 6.42 Å². The number of nitrogens with two attached hydrogens (primary N) is 1. The van der Waals surface area contributed by atoms with Crippen molar-refractivity contribution in [2.24, 2.45) is 11.7 Å². The Bertz CT molecular complexity index is 238. The molecule has 1 amide bonds. The SMILES string of the molecule is COC(=O)NC1CCCC1C1(N)CC1. The van der Waals surface area contributed by atoms with Crippen molar-refractivity contribution in [3.05, 3.63) is 0 Å². The average Bonchev–Trinajstić information content (AvgIpc) is 2.75. The number of hydrogen-bond acceptors (Lipinski definition) is 3. The predicted octanol–water partition coefficient (Wildman–Crippen LogP) is 1.00. The number of alkyl carbamates (subject to hydrolysis) is 1. The lowest BCUT2D eigenvalue weighted by molar-refractivity contribution is 0.161. The van der Waals surface area contributed by atoms with Gasteiger partial charge in [0.25, 0.3) is 0 Å². The Morgan fingerprint density at radius 3 is 2.79 bits per heavy atom. The van der Waals surface area contributed by atoms with E-state index in [0.717, 1.165) is 32.1 Å². The van der Waals surface area contributed by atoms with E-state index in [4.69, 9.17) is 5.73 Å². The summed E-state index contributed by atoms with van der Waals surface area (Å²) in [6.07, 6.45) is 5.24. The molecule has 0 aromatic rings. The van der Waals surface area contributed by atoms with Crippen LogP contribution in [0.5, 0.6) is 0 Å². The summed E-state index contributed by atoms with van der Waals surface area (Å²) >= 11 is 0. The van der Waals surface area contributed by atoms with E-state index in [2.05, 4.69) is 10.1 Å². The summed E-state index contributed by atoms with van der Waals surface area (Å²) in [5.41, 5.74) is 6.18. The maximum absolute atomic E-state index is 11.1. The number of carbonyl (C=O) groups is 1. The van der Waals surface area contributed by atoms with Crippen LogP contribution in [0.1, 0.15) is 32.1 Å². The fraction of sp³-hybridized carbons (Fsp3) is 0.900. The van der Waals surface area contributed by atoms with Gasteiger partial charge in [0.1, 0.15) is 0 Å². The molecule has 2 unspecified atom stereocenters. The van der Waals surface area contributed by atoms with E-state index in [0.29, 0.717) is 5.92 Å². The second-order valence-electron chi connectivity index (χ2n) is 4.51. The Kier molecular flexibility index (Phi) is 2.39. The number of amides is 1. The van der Waals surface area contributed by atoms with Crippen LogP contribution in [0.3, 0.4) is 0 Å². The summed E-state index contributed by atoms with van der Waals surface area (Å²) in [6, 6.07) is 0.231. The molecule has 0 radical (unpaired) electrons. The van der Waals surface area contributed by atoms with Crippen LogP contribution in [-0.4, -0.2) is 24.8 Å². The molecule has 4 heteroatoms. The highest BCUT2D eigenvalue weighted by Gasteiger charge is 2.50. The monoisotopic (exact) mass is 198 g/mol. The van der Waals surface area contributed by atoms with E-state index < -0.39 is 0 Å². The van der Waals surface area contributed by atoms with Gasteiger partial charge in [-0.05, 0) is 31.6 Å². The molecule has 3 N–H and O–H groups in total. The largest absolute Gasteiger partial charge is 0.453 e. The summed E-state index contributed by atoms with van der Waals surface area (Å²) < 4.78 is 4.60. The third-order valence-corrected chi connectivity index (χ3v) is 3.57. The van der Waals surface area contributed by atoms with Crippen LogP contribution in [0, 0.1) is 5.92 Å². The van der Waals surface area contributed by atoms with Crippen LogP contribution in [0.4, 0.5) is 4.79 Å². The van der Waals surface area contributed by atoms with Gasteiger partial charge < -0.3 is 15.8 Å². The van der Waals surface area contributed by atoms with E-state index in [1.807, 2.05) is 0 Å². The van der Waals surface area contributed by atoms with Gasteiger partial charge in [-0.3, -0.25) is 0 Å². The normalized spacial score (nSPS) is 33.9. The summed E-state index contributed by atoms with van der Waals surface area (Å²) in [4.78, 5) is 11.1. The van der Waals surface area contributed by atoms with E-state index in [9.17, 15) is 4.79 Å². The zero-order valence-electron chi connectivity index (χ0n) is 8.58. The molecule has 14 heavy (non-hydrogen) atoms. The predicted molar refractivity (Wildman–Crippen MR) is 52.8 cm³/mol. The standard InChI is InChI=1S/C10H18N2O2/c1-14-9(13)12-8-4-2-3-7(8)10(11)5-6-10/h7-8H,2-6,11H2,1H3,(H,12,13). The van der Waals surface area contributed by atoms with E-state index >= 15 is 0 Å². The molecule has 0 heterocycles. The molecule has 2 atom stereocenters. The van der Waals surface area contributed by atoms with Crippen LogP contribution < -0.4 is 11.1 Å². The lowest BCUT2D eigenvalue weighted by atomic mass is 9.93. The van der Waals surface area contributed by atoms with Crippen molar-refractivity contribution >= 4 is 6.09 Å². The summed E-state index contributed by atoms with van der Waals surface area (Å²) in [5.74, 6) is 0.460. The van der Waals surface area contributed by atoms with Gasteiger partial charge in [0, 0.05) is 11.6 Å². The Labute approximate surface area is 84.2 Å². The van der Waals surface area contributed by atoms with Crippen LogP contribution in [0.15, 0.2) is 0 Å². The Morgan fingerprint density at radius 2 is 2.21 bits per heavy atom. The van der Waals surface area contributed by atoms with Crippen molar-refractivity contribution < 1.29 is 9.53 Å². The Balaban J connectivity index is 1.93. The lowest BCUT2D eigenvalue weighted by Crippen LogP contribution is -2.45. The Morgan fingerprint density at radius 1 is 1.50 bits per heavy atom. The van der Waals surface area contributed by atoms with Crippen molar-refractivity contribution in [1.82, 2.24) is 5.32 Å². The second-order valence-corrected chi connectivity index (χ2v) is 4.51. The summed E-state index contributed by atoms with van der Waals surface area (Å²) in [5, 5.41) is 2.88. The van der Waals surface area contributed by atoms with E-state index in [1.54, 1.807) is 0 Å². The number of hydrogen-bond donors (Lipinski definition) is 2. The molecule has 2 rings (SSSR count). The van der Waals surface area contributed by atoms with Gasteiger partial charge in [0.2, 0.25) is 0 Å². The zero-order valence-corrected chi connectivity index (χ0v) is 8.58. The van der Waals surface area contributed by atoms with Crippen molar-refractivity contribution in [2.45, 2.75) is 43.7 Å². The minimum absolute atomic E-state index is 0.0161. The van der Waals surface area contributed by atoms with Crippen molar-refractivity contribution in [3.8, 4) is 0 Å². The zero-order chi connectivity index (χ0) is 10.2. The molecule has 0 spiro atoms. The highest BCUT2D eigenvalue weighted by Crippen LogP contribution is 2.47. The first-order valence-electron chi connectivity index (χ1n) is 5.29. The van der Waals surface area contributed by atoms with Gasteiger partial charge in [0.05, 0.1) is 7.11 Å². The first kappa shape index (κ1) is 9.77. The Hall–Kier alpha value is -0.770. The minimum atomic E-state index is -0.328. The van der Waals surface area contributed by atoms with Crippen LogP contribution in [-0.2, 0) is 4.74 Å². The molecular formula is C10H18N2O2. The van der Waals surface area contributed by atoms with Gasteiger partial charge in [-0.15, -0.1) is 0 Å². The quantitative estimate of drug-likeness (QED) is 0.695. The molecule has 2 saturated carbocycles. The van der Waals surface area contributed by atoms with Gasteiger partial charge in [-0.25, -0.2) is 4.79 Å². The van der Waals surface area contributed by atoms with Crippen molar-refractivity contribution in [2.75, 3.05) is 7.11 Å².